The number of aliphatic hydroxyl groups is 4. The largest absolute Gasteiger partial charge is 0.507 e. The molecule has 0 spiro atoms. The summed E-state index contributed by atoms with van der Waals surface area (Å²) in [6, 6.07) is 2.92. The van der Waals surface area contributed by atoms with Crippen LogP contribution in [0.1, 0.15) is 54.0 Å². The molecule has 5 aromatic carbocycles. The van der Waals surface area contributed by atoms with Crippen LogP contribution in [0, 0.1) is 0 Å². The SMILES string of the molecule is COc1c2c3c4c(c(CCCOCCO)c(O)c5c(=O)cc(CO)c(c6c(CO)cc(NCCOCCO)c(c1=O)c63)c54)C=C(C)C2C(C)=O. The number of ether oxygens (including phenoxy) is 3. The summed E-state index contributed by atoms with van der Waals surface area (Å²) in [4.78, 5) is 42.2. The normalized spacial score (nSPS) is 14.4. The van der Waals surface area contributed by atoms with Crippen molar-refractivity contribution in [1.82, 2.24) is 0 Å². The van der Waals surface area contributed by atoms with Crippen molar-refractivity contribution in [2.45, 2.75) is 45.8 Å². The molecule has 12 heteroatoms. The third-order valence-corrected chi connectivity index (χ3v) is 9.66. The summed E-state index contributed by atoms with van der Waals surface area (Å²) < 4.78 is 16.8. The Hall–Kier alpha value is -4.43. The Kier molecular flexibility index (Phi) is 10.2. The van der Waals surface area contributed by atoms with Gasteiger partial charge in [-0.3, -0.25) is 14.4 Å². The number of ketones is 1. The number of Topliss-reactive ketones (excluding diaryl/α,β-unsaturated/α-hetero) is 1. The van der Waals surface area contributed by atoms with Gasteiger partial charge in [0.25, 0.3) is 0 Å². The molecule has 1 aliphatic carbocycles. The molecule has 0 aliphatic heterocycles. The zero-order chi connectivity index (χ0) is 35.9. The monoisotopic (exact) mass is 687 g/mol. The van der Waals surface area contributed by atoms with Crippen molar-refractivity contribution < 1.29 is 44.5 Å². The fourth-order valence-electron chi connectivity index (χ4n) is 7.84. The van der Waals surface area contributed by atoms with Gasteiger partial charge in [-0.05, 0) is 77.1 Å². The maximum atomic E-state index is 14.7. The number of carbonyl (C=O) groups excluding carboxylic acids is 1. The highest BCUT2D eigenvalue weighted by Gasteiger charge is 2.36. The van der Waals surface area contributed by atoms with Crippen LogP contribution < -0.4 is 20.9 Å². The topological polar surface area (TPSA) is 192 Å². The number of benzene rings is 5. The summed E-state index contributed by atoms with van der Waals surface area (Å²) in [7, 11) is 1.37. The lowest BCUT2D eigenvalue weighted by molar-refractivity contribution is -0.117. The summed E-state index contributed by atoms with van der Waals surface area (Å²) in [5, 5.41) is 57.9. The summed E-state index contributed by atoms with van der Waals surface area (Å²) in [5.74, 6) is -1.45. The minimum atomic E-state index is -0.925. The number of aromatic hydroxyl groups is 1. The van der Waals surface area contributed by atoms with Crippen molar-refractivity contribution in [2.75, 3.05) is 58.6 Å². The molecular weight excluding hydrogens is 646 g/mol. The van der Waals surface area contributed by atoms with E-state index in [1.54, 1.807) is 13.0 Å². The Labute approximate surface area is 286 Å². The van der Waals surface area contributed by atoms with Gasteiger partial charge in [0.1, 0.15) is 11.5 Å². The van der Waals surface area contributed by atoms with Crippen LogP contribution >= 0.6 is 0 Å². The molecule has 0 aromatic heterocycles. The number of phenols is 1. The molecule has 1 unspecified atom stereocenters. The zero-order valence-corrected chi connectivity index (χ0v) is 28.3. The second-order valence-electron chi connectivity index (χ2n) is 12.6. The number of rotatable bonds is 16. The number of nitrogens with one attached hydrogen (secondary N) is 1. The van der Waals surface area contributed by atoms with Gasteiger partial charge >= 0.3 is 0 Å². The predicted molar refractivity (Wildman–Crippen MR) is 191 cm³/mol. The second-order valence-corrected chi connectivity index (χ2v) is 12.6. The molecule has 0 radical (unpaired) electrons. The molecule has 5 aromatic rings. The Morgan fingerprint density at radius 1 is 0.820 bits per heavy atom. The number of methoxy groups -OCH3 is 1. The molecule has 50 heavy (non-hydrogen) atoms. The third kappa shape index (κ3) is 5.52. The van der Waals surface area contributed by atoms with Gasteiger partial charge in [0.2, 0.25) is 5.43 Å². The van der Waals surface area contributed by atoms with E-state index >= 15 is 0 Å². The lowest BCUT2D eigenvalue weighted by Gasteiger charge is -2.26. The number of aliphatic hydroxyl groups excluding tert-OH is 4. The summed E-state index contributed by atoms with van der Waals surface area (Å²) in [6.07, 6.45) is 2.53. The first kappa shape index (κ1) is 35.4. The number of carbonyl (C=O) groups is 1. The zero-order valence-electron chi connectivity index (χ0n) is 28.3. The van der Waals surface area contributed by atoms with Gasteiger partial charge in [-0.1, -0.05) is 11.6 Å². The number of hydrogen-bond donors (Lipinski definition) is 6. The average Bonchev–Trinajstić information content (AvgIpc) is 3.23. The van der Waals surface area contributed by atoms with Gasteiger partial charge in [-0.25, -0.2) is 0 Å². The van der Waals surface area contributed by atoms with Crippen LogP contribution in [0.2, 0.25) is 0 Å². The van der Waals surface area contributed by atoms with Crippen LogP contribution in [-0.4, -0.2) is 84.6 Å². The fraction of sp³-hybridized carbons (Fsp3) is 0.395. The van der Waals surface area contributed by atoms with Crippen molar-refractivity contribution in [1.29, 1.82) is 0 Å². The van der Waals surface area contributed by atoms with E-state index in [9.17, 15) is 34.8 Å². The Morgan fingerprint density at radius 2 is 1.46 bits per heavy atom. The molecule has 0 heterocycles. The maximum Gasteiger partial charge on any atom is 0.230 e. The Morgan fingerprint density at radius 3 is 2.08 bits per heavy atom. The first-order valence-electron chi connectivity index (χ1n) is 16.6. The van der Waals surface area contributed by atoms with E-state index in [2.05, 4.69) is 5.32 Å². The number of allylic oxidation sites excluding steroid dienone is 1. The lowest BCUT2D eigenvalue weighted by atomic mass is 9.78. The third-order valence-electron chi connectivity index (χ3n) is 9.66. The summed E-state index contributed by atoms with van der Waals surface area (Å²) in [5.41, 5.74) is 1.96. The quantitative estimate of drug-likeness (QED) is 0.0506. The van der Waals surface area contributed by atoms with Gasteiger partial charge < -0.3 is 45.1 Å². The number of phenolic OH excluding ortho intramolecular Hbond substituents is 1. The van der Waals surface area contributed by atoms with Crippen LogP contribution in [0.15, 0.2) is 27.3 Å². The minimum Gasteiger partial charge on any atom is -0.507 e. The van der Waals surface area contributed by atoms with Gasteiger partial charge in [-0.15, -0.1) is 0 Å². The van der Waals surface area contributed by atoms with E-state index in [0.717, 1.165) is 0 Å². The van der Waals surface area contributed by atoms with Gasteiger partial charge in [0.05, 0.1) is 70.0 Å². The average molecular weight is 688 g/mol. The molecule has 6 N–H and O–H groups in total. The van der Waals surface area contributed by atoms with Crippen LogP contribution in [0.3, 0.4) is 0 Å². The van der Waals surface area contributed by atoms with E-state index in [1.807, 2.05) is 6.08 Å². The van der Waals surface area contributed by atoms with E-state index in [1.165, 1.54) is 20.1 Å². The number of fused-ring (bicyclic) bond motifs is 1. The van der Waals surface area contributed by atoms with Crippen molar-refractivity contribution >= 4 is 60.6 Å². The number of anilines is 1. The Balaban J connectivity index is 1.89. The summed E-state index contributed by atoms with van der Waals surface area (Å²) in [6.45, 7) is 2.93. The molecule has 6 rings (SSSR count). The highest BCUT2D eigenvalue weighted by atomic mass is 16.5. The van der Waals surface area contributed by atoms with E-state index < -0.39 is 30.0 Å². The first-order chi connectivity index (χ1) is 24.2. The molecule has 0 amide bonds. The van der Waals surface area contributed by atoms with E-state index in [0.29, 0.717) is 72.3 Å². The second kappa shape index (κ2) is 14.4. The predicted octanol–water partition coefficient (Wildman–Crippen LogP) is 3.05. The van der Waals surface area contributed by atoms with Crippen LogP contribution in [0.5, 0.6) is 11.5 Å². The molecule has 1 atom stereocenters. The fourth-order valence-corrected chi connectivity index (χ4v) is 7.84. The number of hydrogen-bond acceptors (Lipinski definition) is 12. The van der Waals surface area contributed by atoms with E-state index in [-0.39, 0.29) is 86.2 Å². The van der Waals surface area contributed by atoms with Crippen LogP contribution in [0.4, 0.5) is 5.69 Å². The molecule has 264 valence electrons. The Bertz CT molecular complexity index is 2260. The molecule has 12 nitrogen and oxygen atoms in total. The smallest absolute Gasteiger partial charge is 0.230 e. The molecule has 0 bridgehead atoms. The van der Waals surface area contributed by atoms with Gasteiger partial charge in [0.15, 0.2) is 11.2 Å². The maximum absolute atomic E-state index is 14.7. The molecule has 0 saturated carbocycles. The van der Waals surface area contributed by atoms with Crippen molar-refractivity contribution in [2.24, 2.45) is 0 Å². The highest BCUT2D eigenvalue weighted by Crippen LogP contribution is 2.54. The van der Waals surface area contributed by atoms with E-state index in [4.69, 9.17) is 19.3 Å². The minimum absolute atomic E-state index is 0.0246. The highest BCUT2D eigenvalue weighted by molar-refractivity contribution is 6.38. The standard InChI is InChI=1S/C38H41NO11/c1-18-13-23-22(5-4-9-49-11-7-40)36(46)31-25(45)15-21(17-43)28-27-20(16-42)14-24(39-6-10-50-12-8-41)30-33(27)34(29(23)32(28)31)35(26(18)19(2)44)38(48-3)37(30)47/h13-15,26,39-43,46H,4-12,16-17H2,1-3H3. The van der Waals surface area contributed by atoms with Gasteiger partial charge in [-0.2, -0.15) is 0 Å². The first-order valence-corrected chi connectivity index (χ1v) is 16.6. The van der Waals surface area contributed by atoms with Crippen molar-refractivity contribution in [3.8, 4) is 11.5 Å². The molecule has 0 fully saturated rings. The van der Waals surface area contributed by atoms with Crippen LogP contribution in [0.25, 0.3) is 49.2 Å². The molecule has 0 saturated heterocycles. The van der Waals surface area contributed by atoms with Crippen LogP contribution in [-0.2, 0) is 33.9 Å². The molecule has 1 aliphatic rings. The van der Waals surface area contributed by atoms with Crippen molar-refractivity contribution in [3.63, 3.8) is 0 Å². The summed E-state index contributed by atoms with van der Waals surface area (Å²) >= 11 is 0. The lowest BCUT2D eigenvalue weighted by Crippen LogP contribution is -2.19. The molecular formula is C38H41NO11. The van der Waals surface area contributed by atoms with Crippen molar-refractivity contribution in [3.05, 3.63) is 66.0 Å². The van der Waals surface area contributed by atoms with Gasteiger partial charge in [0, 0.05) is 40.7 Å².